The Morgan fingerprint density at radius 1 is 0.679 bits per heavy atom. The summed E-state index contributed by atoms with van der Waals surface area (Å²) in [6.07, 6.45) is 9.87. The molecule has 0 unspecified atom stereocenters. The number of allylic oxidation sites excluding steroid dienone is 5. The maximum absolute atomic E-state index is 14.6. The molecule has 4 aliphatic heterocycles. The number of hydrogen-bond donors (Lipinski definition) is 0. The highest BCUT2D eigenvalue weighted by molar-refractivity contribution is 6.08. The lowest BCUT2D eigenvalue weighted by Crippen LogP contribution is -2.68. The largest absolute Gasteiger partial charge is 0.343 e. The Kier molecular flexibility index (Phi) is 9.66. The second kappa shape index (κ2) is 14.2. The van der Waals surface area contributed by atoms with Crippen molar-refractivity contribution in [2.75, 3.05) is 22.9 Å². The first-order chi connectivity index (χ1) is 26.6. The molecule has 0 bridgehead atoms. The fourth-order valence-electron chi connectivity index (χ4n) is 9.72. The van der Waals surface area contributed by atoms with Crippen molar-refractivity contribution in [1.29, 1.82) is 0 Å². The van der Waals surface area contributed by atoms with Crippen LogP contribution in [0.2, 0.25) is 0 Å². The Hall–Kier alpha value is -4.90. The second-order valence-electron chi connectivity index (χ2n) is 16.0. The quantitative estimate of drug-likeness (QED) is 0.213. The highest BCUT2D eigenvalue weighted by Crippen LogP contribution is 2.53. The van der Waals surface area contributed by atoms with Crippen LogP contribution < -0.4 is 28.4 Å². The number of nitrogens with zero attached hydrogens (tertiary/aromatic N) is 3. The summed E-state index contributed by atoms with van der Waals surface area (Å²) < 4.78 is 65.5. The van der Waals surface area contributed by atoms with Crippen LogP contribution in [0.4, 0.5) is 31.5 Å². The van der Waals surface area contributed by atoms with Gasteiger partial charge < -0.3 is 9.80 Å². The number of anilines is 3. The Balaban J connectivity index is 0.000000831. The van der Waals surface area contributed by atoms with Crippen LogP contribution in [0.1, 0.15) is 70.9 Å². The fraction of sp³-hybridized carbons (Fsp3) is 0.283. The topological polar surface area (TPSA) is 102 Å². The van der Waals surface area contributed by atoms with Crippen LogP contribution in [0.3, 0.4) is 0 Å². The molecule has 4 aromatic rings. The third-order valence-corrected chi connectivity index (χ3v) is 11.8. The van der Waals surface area contributed by atoms with E-state index < -0.39 is 10.2 Å². The van der Waals surface area contributed by atoms with Crippen molar-refractivity contribution in [3.8, 4) is 0 Å². The zero-order valence-electron chi connectivity index (χ0n) is 32.0. The van der Waals surface area contributed by atoms with Crippen LogP contribution in [0.25, 0.3) is 0 Å². The Labute approximate surface area is 328 Å². The van der Waals surface area contributed by atoms with Crippen molar-refractivity contribution in [2.24, 2.45) is 0 Å². The minimum atomic E-state index is -4.94. The van der Waals surface area contributed by atoms with E-state index in [0.717, 1.165) is 79.1 Å². The van der Waals surface area contributed by atoms with E-state index in [1.54, 1.807) is 24.3 Å². The normalized spacial score (nSPS) is 20.6. The van der Waals surface area contributed by atoms with E-state index >= 15 is 0 Å². The van der Waals surface area contributed by atoms with Gasteiger partial charge in [-0.05, 0) is 122 Å². The van der Waals surface area contributed by atoms with Gasteiger partial charge in [-0.3, -0.25) is 0 Å². The van der Waals surface area contributed by atoms with Crippen molar-refractivity contribution < 1.29 is 42.2 Å². The lowest BCUT2D eigenvalue weighted by atomic mass is 9.77. The van der Waals surface area contributed by atoms with Gasteiger partial charge in [-0.2, -0.15) is 4.58 Å². The number of halogens is 3. The van der Waals surface area contributed by atoms with E-state index in [-0.39, 0.29) is 22.5 Å². The molecule has 9 rings (SSSR count). The summed E-state index contributed by atoms with van der Waals surface area (Å²) in [5.74, 6) is -0.357. The molecule has 1 aliphatic carbocycles. The molecule has 0 saturated carbocycles. The van der Waals surface area contributed by atoms with Crippen molar-refractivity contribution in [3.05, 3.63) is 166 Å². The van der Waals surface area contributed by atoms with Crippen LogP contribution in [0.5, 0.6) is 0 Å². The monoisotopic (exact) mass is 775 g/mol. The van der Waals surface area contributed by atoms with Gasteiger partial charge >= 0.3 is 0 Å². The highest BCUT2D eigenvalue weighted by atomic mass is 35.7. The lowest BCUT2D eigenvalue weighted by Gasteiger charge is -2.34. The van der Waals surface area contributed by atoms with Crippen LogP contribution in [0, 0.1) is 21.9 Å². The zero-order valence-corrected chi connectivity index (χ0v) is 32.7. The van der Waals surface area contributed by atoms with Gasteiger partial charge in [0.2, 0.25) is 5.69 Å². The van der Waals surface area contributed by atoms with Gasteiger partial charge in [0.25, 0.3) is 0 Å². The SMILES string of the molecule is CC1(C)C2=C(C=C3CCCC(C=C4CC[N+]5=C4C(C)(C)c4cc(F)ccc45)=C3N(c3ccccc3)c3ccccc3)CCN2c2ccc(F)cc21.[O-][Cl+3]([O-])([O-])[O-]. The maximum Gasteiger partial charge on any atom is 0.209 e. The number of para-hydroxylation sites is 2. The van der Waals surface area contributed by atoms with Crippen molar-refractivity contribution in [2.45, 2.75) is 70.6 Å². The number of benzene rings is 4. The molecule has 4 aromatic carbocycles. The summed E-state index contributed by atoms with van der Waals surface area (Å²) in [6.45, 7) is 10.8. The Morgan fingerprint density at radius 2 is 1.27 bits per heavy atom. The molecule has 0 amide bonds. The molecule has 0 spiro atoms. The van der Waals surface area contributed by atoms with Gasteiger partial charge in [-0.1, -0.05) is 56.3 Å². The molecular formula is C46H44ClF2N3O4. The average Bonchev–Trinajstić information content (AvgIpc) is 3.88. The van der Waals surface area contributed by atoms with Gasteiger partial charge in [-0.25, -0.2) is 27.4 Å². The fourth-order valence-corrected chi connectivity index (χ4v) is 9.72. The van der Waals surface area contributed by atoms with Crippen LogP contribution in [0.15, 0.2) is 143 Å². The van der Waals surface area contributed by atoms with E-state index in [1.807, 2.05) is 12.1 Å². The number of rotatable bonds is 5. The maximum atomic E-state index is 14.6. The molecular weight excluding hydrogens is 732 g/mol. The zero-order chi connectivity index (χ0) is 39.6. The Morgan fingerprint density at radius 3 is 1.91 bits per heavy atom. The first-order valence-electron chi connectivity index (χ1n) is 19.1. The van der Waals surface area contributed by atoms with E-state index in [4.69, 9.17) is 18.6 Å². The van der Waals surface area contributed by atoms with Crippen molar-refractivity contribution in [3.63, 3.8) is 0 Å². The molecule has 0 radical (unpaired) electrons. The summed E-state index contributed by atoms with van der Waals surface area (Å²) in [7, 11) is -4.94. The molecule has 56 heavy (non-hydrogen) atoms. The lowest BCUT2D eigenvalue weighted by molar-refractivity contribution is -2.00. The van der Waals surface area contributed by atoms with Crippen molar-refractivity contribution in [1.82, 2.24) is 0 Å². The molecule has 5 aliphatic rings. The average molecular weight is 776 g/mol. The molecule has 0 fully saturated rings. The second-order valence-corrected chi connectivity index (χ2v) is 16.8. The summed E-state index contributed by atoms with van der Waals surface area (Å²) in [5.41, 5.74) is 15.2. The van der Waals surface area contributed by atoms with Gasteiger partial charge in [0.05, 0.1) is 11.1 Å². The number of fused-ring (bicyclic) bond motifs is 5. The van der Waals surface area contributed by atoms with Gasteiger partial charge in [-0.15, -0.1) is 10.2 Å². The van der Waals surface area contributed by atoms with Crippen molar-refractivity contribution >= 4 is 28.5 Å². The van der Waals surface area contributed by atoms with Crippen LogP contribution in [-0.4, -0.2) is 23.4 Å². The summed E-state index contributed by atoms with van der Waals surface area (Å²) in [4.78, 5) is 4.88. The predicted molar refractivity (Wildman–Crippen MR) is 204 cm³/mol. The molecule has 0 N–H and O–H groups in total. The molecule has 7 nitrogen and oxygen atoms in total. The third-order valence-electron chi connectivity index (χ3n) is 11.8. The van der Waals surface area contributed by atoms with E-state index in [0.29, 0.717) is 0 Å². The van der Waals surface area contributed by atoms with E-state index in [9.17, 15) is 8.78 Å². The summed E-state index contributed by atoms with van der Waals surface area (Å²) in [6, 6.07) is 32.0. The molecule has 0 atom stereocenters. The van der Waals surface area contributed by atoms with Crippen LogP contribution >= 0.6 is 0 Å². The molecule has 288 valence electrons. The molecule has 0 aromatic heterocycles. The first-order valence-corrected chi connectivity index (χ1v) is 20.3. The molecule has 0 saturated heterocycles. The highest BCUT2D eigenvalue weighted by Gasteiger charge is 2.50. The standard InChI is InChI=1S/C46H44F2N3.ClHO4/c1-45(2)38-28-34(47)18-20-40(38)49-24-22-32(43(45)49)26-30-12-11-13-31(42(30)51(36-14-7-5-8-15-36)37-16-9-6-10-17-37)27-33-23-25-50-41-21-19-35(48)29-39(41)46(3,4)44(33)50;2-1(3,4)5/h5-10,14-21,26-29H,11-13,22-25H2,1-4H3;(H,2,3,4,5)/q+1;/p-1. The smallest absolute Gasteiger partial charge is 0.209 e. The summed E-state index contributed by atoms with van der Waals surface area (Å²) >= 11 is 0. The molecule has 10 heteroatoms. The Bertz CT molecular complexity index is 2330. The number of hydrogen-bond acceptors (Lipinski definition) is 6. The van der Waals surface area contributed by atoms with Crippen LogP contribution in [-0.2, 0) is 10.8 Å². The third kappa shape index (κ3) is 6.82. The first kappa shape index (κ1) is 38.0. The minimum Gasteiger partial charge on any atom is -0.343 e. The van der Waals surface area contributed by atoms with E-state index in [2.05, 4.69) is 115 Å². The van der Waals surface area contributed by atoms with E-state index in [1.165, 1.54) is 39.4 Å². The van der Waals surface area contributed by atoms with Gasteiger partial charge in [0, 0.05) is 58.3 Å². The minimum absolute atomic E-state index is 0.179. The summed E-state index contributed by atoms with van der Waals surface area (Å²) in [5, 5.41) is 0. The van der Waals surface area contributed by atoms with Gasteiger partial charge in [0.1, 0.15) is 11.6 Å². The van der Waals surface area contributed by atoms with Gasteiger partial charge in [0.15, 0.2) is 12.3 Å². The predicted octanol–water partition coefficient (Wildman–Crippen LogP) is 6.57. The molecule has 4 heterocycles.